The van der Waals surface area contributed by atoms with Crippen molar-refractivity contribution in [2.45, 2.75) is 19.9 Å². The lowest BCUT2D eigenvalue weighted by Gasteiger charge is -2.26. The molecule has 6 heteroatoms. The molecule has 0 radical (unpaired) electrons. The third-order valence-corrected chi connectivity index (χ3v) is 5.61. The first-order valence-corrected chi connectivity index (χ1v) is 9.09. The molecule has 1 aliphatic rings. The summed E-state index contributed by atoms with van der Waals surface area (Å²) in [4.78, 5) is 31.1. The van der Waals surface area contributed by atoms with E-state index in [9.17, 15) is 9.59 Å². The summed E-state index contributed by atoms with van der Waals surface area (Å²) in [5.41, 5.74) is 3.34. The smallest absolute Gasteiger partial charge is 0.341 e. The molecule has 0 bridgehead atoms. The molecule has 0 atom stereocenters. The molecule has 0 aliphatic carbocycles. The minimum atomic E-state index is -0.462. The third kappa shape index (κ3) is 2.93. The number of carbonyl (C=O) groups is 2. The molecule has 0 saturated heterocycles. The molecule has 1 N–H and O–H groups in total. The van der Waals surface area contributed by atoms with Crippen molar-refractivity contribution >= 4 is 34.1 Å². The van der Waals surface area contributed by atoms with Crippen molar-refractivity contribution in [2.24, 2.45) is 0 Å². The second-order valence-electron chi connectivity index (χ2n) is 6.18. The normalized spacial score (nSPS) is 13.7. The molecule has 0 spiro atoms. The van der Waals surface area contributed by atoms with Gasteiger partial charge >= 0.3 is 5.97 Å². The molecule has 0 unspecified atom stereocenters. The van der Waals surface area contributed by atoms with Crippen molar-refractivity contribution < 1.29 is 14.3 Å². The minimum Gasteiger partial charge on any atom is -0.452 e. The maximum atomic E-state index is 12.5. The first kappa shape index (κ1) is 15.9. The van der Waals surface area contributed by atoms with E-state index in [2.05, 4.69) is 16.4 Å². The molecule has 128 valence electrons. The Morgan fingerprint density at radius 1 is 1.28 bits per heavy atom. The van der Waals surface area contributed by atoms with Crippen LogP contribution in [0.4, 0.5) is 0 Å². The Bertz CT molecular complexity index is 957. The number of nitrogens with zero attached hydrogens (tertiary/aromatic N) is 1. The van der Waals surface area contributed by atoms with Crippen LogP contribution >= 0.6 is 11.3 Å². The summed E-state index contributed by atoms with van der Waals surface area (Å²) >= 11 is 1.73. The van der Waals surface area contributed by atoms with Crippen LogP contribution in [0, 0.1) is 6.92 Å². The predicted octanol–water partition coefficient (Wildman–Crippen LogP) is 3.28. The molecule has 0 saturated carbocycles. The number of aromatic nitrogens is 1. The summed E-state index contributed by atoms with van der Waals surface area (Å²) in [6.07, 6.45) is 0.869. The number of hydrogen-bond donors (Lipinski definition) is 1. The number of aryl methyl sites for hydroxylation is 1. The quantitative estimate of drug-likeness (QED) is 0.734. The van der Waals surface area contributed by atoms with Gasteiger partial charge in [0.05, 0.1) is 5.56 Å². The first-order valence-electron chi connectivity index (χ1n) is 8.21. The number of carbonyl (C=O) groups excluding carboxylic acids is 2. The van der Waals surface area contributed by atoms with Gasteiger partial charge in [0.1, 0.15) is 0 Å². The summed E-state index contributed by atoms with van der Waals surface area (Å²) in [5.74, 6) is -0.612. The number of benzene rings is 1. The van der Waals surface area contributed by atoms with Crippen molar-refractivity contribution in [2.75, 3.05) is 13.2 Å². The summed E-state index contributed by atoms with van der Waals surface area (Å²) in [5, 5.41) is 2.87. The van der Waals surface area contributed by atoms with Crippen LogP contribution in [0.1, 0.15) is 26.5 Å². The predicted molar refractivity (Wildman–Crippen MR) is 96.8 cm³/mol. The zero-order valence-corrected chi connectivity index (χ0v) is 14.7. The highest BCUT2D eigenvalue weighted by atomic mass is 32.1. The molecule has 25 heavy (non-hydrogen) atoms. The average molecular weight is 354 g/mol. The lowest BCUT2D eigenvalue weighted by molar-refractivity contribution is -0.135. The highest BCUT2D eigenvalue weighted by molar-refractivity contribution is 7.10. The Balaban J connectivity index is 1.43. The van der Waals surface area contributed by atoms with Crippen molar-refractivity contribution in [3.8, 4) is 0 Å². The van der Waals surface area contributed by atoms with Crippen molar-refractivity contribution in [1.29, 1.82) is 0 Å². The van der Waals surface area contributed by atoms with E-state index in [1.165, 1.54) is 10.4 Å². The van der Waals surface area contributed by atoms with Gasteiger partial charge in [-0.05, 0) is 36.4 Å². The number of nitrogens with one attached hydrogen (secondary N) is 1. The number of hydrogen-bond acceptors (Lipinski definition) is 4. The number of para-hydroxylation sites is 1. The van der Waals surface area contributed by atoms with Crippen LogP contribution in [0.25, 0.3) is 10.9 Å². The van der Waals surface area contributed by atoms with Crippen LogP contribution in [0.2, 0.25) is 0 Å². The largest absolute Gasteiger partial charge is 0.452 e. The first-order chi connectivity index (χ1) is 12.1. The van der Waals surface area contributed by atoms with E-state index in [1.54, 1.807) is 16.2 Å². The minimum absolute atomic E-state index is 0.150. The Morgan fingerprint density at radius 3 is 3.00 bits per heavy atom. The fourth-order valence-corrected chi connectivity index (χ4v) is 4.18. The summed E-state index contributed by atoms with van der Waals surface area (Å²) < 4.78 is 5.31. The van der Waals surface area contributed by atoms with E-state index in [1.807, 2.05) is 31.2 Å². The zero-order valence-electron chi connectivity index (χ0n) is 13.9. The number of fused-ring (bicyclic) bond motifs is 2. The molecule has 3 heterocycles. The Morgan fingerprint density at radius 2 is 2.12 bits per heavy atom. The van der Waals surface area contributed by atoms with Crippen molar-refractivity contribution in [3.05, 3.63) is 57.4 Å². The fourth-order valence-electron chi connectivity index (χ4n) is 3.29. The zero-order chi connectivity index (χ0) is 17.4. The monoisotopic (exact) mass is 354 g/mol. The highest BCUT2D eigenvalue weighted by Gasteiger charge is 2.23. The Kier molecular flexibility index (Phi) is 4.05. The summed E-state index contributed by atoms with van der Waals surface area (Å²) in [7, 11) is 0. The van der Waals surface area contributed by atoms with Crippen LogP contribution in [0.3, 0.4) is 0 Å². The van der Waals surface area contributed by atoms with Crippen LogP contribution in [-0.4, -0.2) is 34.9 Å². The van der Waals surface area contributed by atoms with Crippen molar-refractivity contribution in [3.63, 3.8) is 0 Å². The van der Waals surface area contributed by atoms with Gasteiger partial charge in [-0.1, -0.05) is 18.2 Å². The molecule has 4 rings (SSSR count). The van der Waals surface area contributed by atoms with E-state index in [0.717, 1.165) is 23.0 Å². The molecule has 1 aromatic carbocycles. The van der Waals surface area contributed by atoms with Gasteiger partial charge in [-0.25, -0.2) is 4.79 Å². The van der Waals surface area contributed by atoms with Gasteiger partial charge in [-0.3, -0.25) is 4.79 Å². The van der Waals surface area contributed by atoms with Crippen LogP contribution in [0.5, 0.6) is 0 Å². The van der Waals surface area contributed by atoms with Gasteiger partial charge in [0.2, 0.25) is 0 Å². The molecule has 0 fully saturated rings. The number of ether oxygens (including phenoxy) is 1. The lowest BCUT2D eigenvalue weighted by atomic mass is 10.1. The maximum absolute atomic E-state index is 12.5. The average Bonchev–Trinajstić information content (AvgIpc) is 3.21. The molecular formula is C19H18N2O3S. The van der Waals surface area contributed by atoms with Gasteiger partial charge in [0, 0.05) is 34.6 Å². The standard InChI is InChI=1S/C19H18N2O3S/c1-12-18(14-4-2-3-5-15(14)20-12)19(23)24-11-17(22)21-8-6-16-13(10-21)7-9-25-16/h2-5,7,9,20H,6,8,10-11H2,1H3. The van der Waals surface area contributed by atoms with Gasteiger partial charge < -0.3 is 14.6 Å². The maximum Gasteiger partial charge on any atom is 0.341 e. The van der Waals surface area contributed by atoms with E-state index in [-0.39, 0.29) is 12.5 Å². The van der Waals surface area contributed by atoms with E-state index in [4.69, 9.17) is 4.74 Å². The molecule has 5 nitrogen and oxygen atoms in total. The molecule has 1 aliphatic heterocycles. The van der Waals surface area contributed by atoms with Crippen LogP contribution < -0.4 is 0 Å². The SMILES string of the molecule is Cc1[nH]c2ccccc2c1C(=O)OCC(=O)N1CCc2sccc2C1. The number of aromatic amines is 1. The number of amides is 1. The molecule has 1 amide bonds. The van der Waals surface area contributed by atoms with Gasteiger partial charge in [-0.2, -0.15) is 0 Å². The van der Waals surface area contributed by atoms with Gasteiger partial charge in [0.15, 0.2) is 6.61 Å². The number of thiophene rings is 1. The van der Waals surface area contributed by atoms with E-state index in [0.29, 0.717) is 18.7 Å². The third-order valence-electron chi connectivity index (χ3n) is 4.58. The molecule has 2 aromatic heterocycles. The molecular weight excluding hydrogens is 336 g/mol. The highest BCUT2D eigenvalue weighted by Crippen LogP contribution is 2.25. The van der Waals surface area contributed by atoms with Gasteiger partial charge in [0.25, 0.3) is 5.91 Å². The van der Waals surface area contributed by atoms with Crippen LogP contribution in [0.15, 0.2) is 35.7 Å². The van der Waals surface area contributed by atoms with Crippen molar-refractivity contribution in [1.82, 2.24) is 9.88 Å². The second kappa shape index (κ2) is 6.37. The Hall–Kier alpha value is -2.60. The number of H-pyrrole nitrogens is 1. The summed E-state index contributed by atoms with van der Waals surface area (Å²) in [6.45, 7) is 2.88. The lowest BCUT2D eigenvalue weighted by Crippen LogP contribution is -2.38. The topological polar surface area (TPSA) is 62.4 Å². The van der Waals surface area contributed by atoms with Gasteiger partial charge in [-0.15, -0.1) is 11.3 Å². The Labute approximate surface area is 149 Å². The van der Waals surface area contributed by atoms with E-state index < -0.39 is 5.97 Å². The number of esters is 1. The second-order valence-corrected chi connectivity index (χ2v) is 7.18. The van der Waals surface area contributed by atoms with Crippen LogP contribution in [-0.2, 0) is 22.5 Å². The number of rotatable bonds is 3. The fraction of sp³-hybridized carbons (Fsp3) is 0.263. The van der Waals surface area contributed by atoms with E-state index >= 15 is 0 Å². The summed E-state index contributed by atoms with van der Waals surface area (Å²) in [6, 6.07) is 9.63. The molecule has 3 aromatic rings.